The normalized spacial score (nSPS) is 17.2. The summed E-state index contributed by atoms with van der Waals surface area (Å²) in [5.41, 5.74) is 1.59. The quantitative estimate of drug-likeness (QED) is 0.807. The van der Waals surface area contributed by atoms with E-state index in [1.165, 1.54) is 0 Å². The molecule has 0 bridgehead atoms. The van der Waals surface area contributed by atoms with Gasteiger partial charge in [0.05, 0.1) is 17.3 Å². The molecule has 1 aromatic carbocycles. The predicted octanol–water partition coefficient (Wildman–Crippen LogP) is 2.63. The summed E-state index contributed by atoms with van der Waals surface area (Å²) in [6.07, 6.45) is 2.24. The van der Waals surface area contributed by atoms with E-state index in [1.807, 2.05) is 43.3 Å². The first-order valence-electron chi connectivity index (χ1n) is 8.56. The lowest BCUT2D eigenvalue weighted by molar-refractivity contribution is 0.194. The van der Waals surface area contributed by atoms with E-state index < -0.39 is 0 Å². The highest BCUT2D eigenvalue weighted by molar-refractivity contribution is 5.42. The number of anilines is 1. The van der Waals surface area contributed by atoms with Gasteiger partial charge in [-0.2, -0.15) is 10.4 Å². The van der Waals surface area contributed by atoms with E-state index in [0.29, 0.717) is 24.0 Å². The average molecular weight is 337 g/mol. The van der Waals surface area contributed by atoms with Crippen LogP contribution in [-0.2, 0) is 0 Å². The fraction of sp³-hybridized carbons (Fsp3) is 0.421. The van der Waals surface area contributed by atoms with Gasteiger partial charge >= 0.3 is 0 Å². The molecule has 0 saturated carbocycles. The zero-order valence-electron chi connectivity index (χ0n) is 14.7. The molecule has 1 aromatic heterocycles. The van der Waals surface area contributed by atoms with Crippen molar-refractivity contribution in [1.29, 1.82) is 5.26 Å². The SMILES string of the molecule is CN(C)c1ccc(C2CCCN2CCOc2ccccc2C#N)nn1. The molecule has 2 heterocycles. The van der Waals surface area contributed by atoms with Crippen molar-refractivity contribution in [2.75, 3.05) is 38.7 Å². The molecular formula is C19H23N5O. The average Bonchev–Trinajstić information content (AvgIpc) is 3.10. The number of para-hydroxylation sites is 1. The smallest absolute Gasteiger partial charge is 0.150 e. The molecule has 0 N–H and O–H groups in total. The van der Waals surface area contributed by atoms with Crippen LogP contribution in [0.5, 0.6) is 5.75 Å². The van der Waals surface area contributed by atoms with E-state index >= 15 is 0 Å². The molecule has 1 unspecified atom stereocenters. The van der Waals surface area contributed by atoms with Crippen molar-refractivity contribution < 1.29 is 4.74 Å². The van der Waals surface area contributed by atoms with Crippen molar-refractivity contribution in [3.05, 3.63) is 47.7 Å². The van der Waals surface area contributed by atoms with Crippen LogP contribution in [0.2, 0.25) is 0 Å². The Morgan fingerprint density at radius 1 is 1.24 bits per heavy atom. The Kier molecular flexibility index (Phi) is 5.46. The maximum Gasteiger partial charge on any atom is 0.150 e. The number of likely N-dealkylation sites (tertiary alicyclic amines) is 1. The first-order chi connectivity index (χ1) is 12.2. The first kappa shape index (κ1) is 17.2. The number of ether oxygens (including phenoxy) is 1. The van der Waals surface area contributed by atoms with Gasteiger partial charge in [-0.25, -0.2) is 0 Å². The van der Waals surface area contributed by atoms with Gasteiger partial charge in [0.15, 0.2) is 5.82 Å². The van der Waals surface area contributed by atoms with Crippen molar-refractivity contribution in [2.24, 2.45) is 0 Å². The Morgan fingerprint density at radius 2 is 2.08 bits per heavy atom. The summed E-state index contributed by atoms with van der Waals surface area (Å²) in [6.45, 7) is 2.39. The monoisotopic (exact) mass is 337 g/mol. The second-order valence-electron chi connectivity index (χ2n) is 6.36. The minimum absolute atomic E-state index is 0.290. The molecular weight excluding hydrogens is 314 g/mol. The van der Waals surface area contributed by atoms with Crippen LogP contribution in [0.4, 0.5) is 5.82 Å². The lowest BCUT2D eigenvalue weighted by atomic mass is 10.1. The number of nitrogens with zero attached hydrogens (tertiary/aromatic N) is 5. The predicted molar refractivity (Wildman–Crippen MR) is 96.6 cm³/mol. The molecule has 3 rings (SSSR count). The summed E-state index contributed by atoms with van der Waals surface area (Å²) in [5, 5.41) is 17.8. The van der Waals surface area contributed by atoms with Crippen LogP contribution in [0, 0.1) is 11.3 Å². The third-order valence-electron chi connectivity index (χ3n) is 4.48. The summed E-state index contributed by atoms with van der Waals surface area (Å²) < 4.78 is 5.82. The van der Waals surface area contributed by atoms with Crippen molar-refractivity contribution >= 4 is 5.82 Å². The number of benzene rings is 1. The summed E-state index contributed by atoms with van der Waals surface area (Å²) in [6, 6.07) is 13.9. The summed E-state index contributed by atoms with van der Waals surface area (Å²) in [4.78, 5) is 4.33. The first-order valence-corrected chi connectivity index (χ1v) is 8.56. The maximum atomic E-state index is 9.12. The van der Waals surface area contributed by atoms with E-state index in [9.17, 15) is 0 Å². The van der Waals surface area contributed by atoms with E-state index in [0.717, 1.165) is 37.4 Å². The Bertz CT molecular complexity index is 738. The number of nitriles is 1. The molecule has 1 atom stereocenters. The molecule has 130 valence electrons. The second kappa shape index (κ2) is 7.95. The van der Waals surface area contributed by atoms with Gasteiger partial charge in [0, 0.05) is 20.6 Å². The van der Waals surface area contributed by atoms with Crippen molar-refractivity contribution in [3.8, 4) is 11.8 Å². The van der Waals surface area contributed by atoms with Gasteiger partial charge in [0.2, 0.25) is 0 Å². The Labute approximate surface area is 148 Å². The topological polar surface area (TPSA) is 65.3 Å². The van der Waals surface area contributed by atoms with E-state index in [2.05, 4.69) is 27.2 Å². The molecule has 25 heavy (non-hydrogen) atoms. The van der Waals surface area contributed by atoms with Gasteiger partial charge in [-0.15, -0.1) is 5.10 Å². The second-order valence-corrected chi connectivity index (χ2v) is 6.36. The van der Waals surface area contributed by atoms with Gasteiger partial charge < -0.3 is 9.64 Å². The third kappa shape index (κ3) is 4.06. The zero-order chi connectivity index (χ0) is 17.6. The van der Waals surface area contributed by atoms with Crippen molar-refractivity contribution in [1.82, 2.24) is 15.1 Å². The number of hydrogen-bond acceptors (Lipinski definition) is 6. The minimum atomic E-state index is 0.290. The number of hydrogen-bond donors (Lipinski definition) is 0. The Morgan fingerprint density at radius 3 is 2.80 bits per heavy atom. The molecule has 0 spiro atoms. The van der Waals surface area contributed by atoms with Gasteiger partial charge in [-0.3, -0.25) is 4.90 Å². The standard InChI is InChI=1S/C19H23N5O/c1-23(2)19-10-9-16(21-22-19)17-7-5-11-24(17)12-13-25-18-8-4-3-6-15(18)14-20/h3-4,6,8-10,17H,5,7,11-13H2,1-2H3. The molecule has 1 fully saturated rings. The Balaban J connectivity index is 1.59. The summed E-state index contributed by atoms with van der Waals surface area (Å²) in [7, 11) is 3.92. The highest BCUT2D eigenvalue weighted by atomic mass is 16.5. The van der Waals surface area contributed by atoms with Crippen LogP contribution in [-0.4, -0.2) is 48.9 Å². The molecule has 6 heteroatoms. The van der Waals surface area contributed by atoms with Crippen LogP contribution in [0.3, 0.4) is 0 Å². The van der Waals surface area contributed by atoms with E-state index in [4.69, 9.17) is 10.00 Å². The maximum absolute atomic E-state index is 9.12. The molecule has 2 aromatic rings. The van der Waals surface area contributed by atoms with Gasteiger partial charge in [-0.05, 0) is 43.7 Å². The zero-order valence-corrected chi connectivity index (χ0v) is 14.7. The molecule has 1 aliphatic heterocycles. The van der Waals surface area contributed by atoms with Crippen molar-refractivity contribution in [2.45, 2.75) is 18.9 Å². The lowest BCUT2D eigenvalue weighted by Crippen LogP contribution is -2.29. The fourth-order valence-corrected chi connectivity index (χ4v) is 3.14. The molecule has 1 aliphatic rings. The lowest BCUT2D eigenvalue weighted by Gasteiger charge is -2.24. The highest BCUT2D eigenvalue weighted by Crippen LogP contribution is 2.30. The molecule has 6 nitrogen and oxygen atoms in total. The summed E-state index contributed by atoms with van der Waals surface area (Å²) >= 11 is 0. The molecule has 0 aliphatic carbocycles. The van der Waals surface area contributed by atoms with E-state index in [-0.39, 0.29) is 0 Å². The van der Waals surface area contributed by atoms with Gasteiger partial charge in [0.25, 0.3) is 0 Å². The highest BCUT2D eigenvalue weighted by Gasteiger charge is 2.27. The molecule has 0 radical (unpaired) electrons. The minimum Gasteiger partial charge on any atom is -0.491 e. The summed E-state index contributed by atoms with van der Waals surface area (Å²) in [5.74, 6) is 1.51. The van der Waals surface area contributed by atoms with Crippen LogP contribution in [0.15, 0.2) is 36.4 Å². The van der Waals surface area contributed by atoms with Crippen molar-refractivity contribution in [3.63, 3.8) is 0 Å². The largest absolute Gasteiger partial charge is 0.491 e. The Hall–Kier alpha value is -2.65. The molecule has 1 saturated heterocycles. The van der Waals surface area contributed by atoms with E-state index in [1.54, 1.807) is 6.07 Å². The third-order valence-corrected chi connectivity index (χ3v) is 4.48. The van der Waals surface area contributed by atoms with Crippen LogP contribution in [0.1, 0.15) is 30.1 Å². The number of aromatic nitrogens is 2. The van der Waals surface area contributed by atoms with Crippen LogP contribution in [0.25, 0.3) is 0 Å². The number of rotatable bonds is 6. The van der Waals surface area contributed by atoms with Crippen LogP contribution < -0.4 is 9.64 Å². The molecule has 0 amide bonds. The fourth-order valence-electron chi connectivity index (χ4n) is 3.14. The van der Waals surface area contributed by atoms with Gasteiger partial charge in [-0.1, -0.05) is 12.1 Å². The van der Waals surface area contributed by atoms with Crippen LogP contribution >= 0.6 is 0 Å². The van der Waals surface area contributed by atoms with Gasteiger partial charge in [0.1, 0.15) is 18.4 Å².